The van der Waals surface area contributed by atoms with Gasteiger partial charge in [0.25, 0.3) is 0 Å². The van der Waals surface area contributed by atoms with Crippen LogP contribution >= 0.6 is 47.0 Å². The summed E-state index contributed by atoms with van der Waals surface area (Å²) in [4.78, 5) is 122. The summed E-state index contributed by atoms with van der Waals surface area (Å²) in [5, 5.41) is 16.3. The van der Waals surface area contributed by atoms with Crippen LogP contribution in [0.1, 0.15) is 171 Å². The van der Waals surface area contributed by atoms with E-state index < -0.39 is 41.3 Å². The minimum Gasteiger partial charge on any atom is -0.456 e. The Morgan fingerprint density at radius 3 is 1.60 bits per heavy atom. The number of carbonyl (C=O) groups excluding carboxylic acids is 8. The standard InChI is InChI=1S/C30H45N5O4S2.C30H44N4O5S2/c1-5-6-7-8-9-13-25(37)40-16-11-10-12-21-17-24(36)31-18-22-14-15-23(32-22)28-35-30(4,19-41-28)29(39)34-26(20(2)3)27(38)33-21;1-5-6-7-8-9-13-25(36)40-16-11-10-12-22-17-24(35)31-18-21-14-15-23(32-21)27-34-30(4,19-41-27)29(38)33-26(20(2)3)28(37)39-22/h10,12,15,20-21,26H,5-9,11,13-14,16-19H2,1-4H3,(H,31,36)(H,33,38)(H,34,39);10,12,15,20,22,26H,5-9,11,13-14,16-19H2,1-4H3,(H,31,35)(H,33,38)/b2*12-10+/t21-,26+,30+;22-,26+,30+/m11/s1. The number of rotatable bonds is 22. The molecule has 0 aromatic carbocycles. The van der Waals surface area contributed by atoms with Gasteiger partial charge in [0.2, 0.25) is 29.5 Å². The van der Waals surface area contributed by atoms with Crippen LogP contribution in [0.3, 0.4) is 0 Å². The Hall–Kier alpha value is -4.80. The number of hydrogen-bond donors (Lipinski definition) is 5. The molecule has 6 aliphatic heterocycles. The summed E-state index contributed by atoms with van der Waals surface area (Å²) >= 11 is 5.59. The second-order valence-corrected chi connectivity index (χ2v) is 26.8. The molecule has 18 nitrogen and oxygen atoms in total. The third-order valence-electron chi connectivity index (χ3n) is 14.3. The number of nitrogens with zero attached hydrogens (tertiary/aromatic N) is 4. The van der Waals surface area contributed by atoms with Crippen molar-refractivity contribution < 1.29 is 43.1 Å². The van der Waals surface area contributed by atoms with Gasteiger partial charge in [-0.3, -0.25) is 53.5 Å². The van der Waals surface area contributed by atoms with Crippen LogP contribution in [0.15, 0.2) is 67.8 Å². The predicted molar refractivity (Wildman–Crippen MR) is 337 cm³/mol. The number of cyclic esters (lactones) is 1. The minimum absolute atomic E-state index is 0.0542. The monoisotopic (exact) mass is 1210 g/mol. The first-order valence-electron chi connectivity index (χ1n) is 29.5. The zero-order valence-corrected chi connectivity index (χ0v) is 52.8. The molecule has 0 radical (unpaired) electrons. The van der Waals surface area contributed by atoms with Crippen molar-refractivity contribution in [1.29, 1.82) is 0 Å². The average Bonchev–Trinajstić information content (AvgIpc) is 4.38. The van der Waals surface area contributed by atoms with E-state index in [0.29, 0.717) is 78.2 Å². The Balaban J connectivity index is 0.000000301. The van der Waals surface area contributed by atoms with Gasteiger partial charge in [0.1, 0.15) is 39.4 Å². The van der Waals surface area contributed by atoms with E-state index in [1.165, 1.54) is 85.6 Å². The summed E-state index contributed by atoms with van der Waals surface area (Å²) in [6, 6.07) is -2.23. The van der Waals surface area contributed by atoms with Crippen molar-refractivity contribution in [3.8, 4) is 0 Å². The normalized spacial score (nSPS) is 25.5. The summed E-state index contributed by atoms with van der Waals surface area (Å²) < 4.78 is 5.77. The minimum atomic E-state index is -1.03. The number of allylic oxidation sites excluding steroid dienone is 4. The number of amides is 5. The molecule has 6 aliphatic rings. The van der Waals surface area contributed by atoms with Gasteiger partial charge >= 0.3 is 5.97 Å². The summed E-state index contributed by atoms with van der Waals surface area (Å²) in [5.41, 5.74) is 1.05. The van der Waals surface area contributed by atoms with E-state index in [4.69, 9.17) is 9.73 Å². The number of esters is 1. The molecule has 5 N–H and O–H groups in total. The maximum atomic E-state index is 13.4. The Kier molecular flexibility index (Phi) is 28.9. The molecule has 8 bridgehead atoms. The number of unbranched alkanes of at least 4 members (excludes halogenated alkanes) is 8. The molecule has 0 aromatic heterocycles. The summed E-state index contributed by atoms with van der Waals surface area (Å²) in [6.45, 7) is 15.9. The van der Waals surface area contributed by atoms with Crippen molar-refractivity contribution >= 4 is 114 Å². The van der Waals surface area contributed by atoms with Gasteiger partial charge < -0.3 is 31.3 Å². The van der Waals surface area contributed by atoms with Gasteiger partial charge in [-0.05, 0) is 57.4 Å². The van der Waals surface area contributed by atoms with E-state index in [-0.39, 0.29) is 71.0 Å². The molecule has 22 heteroatoms. The van der Waals surface area contributed by atoms with Crippen LogP contribution in [0, 0.1) is 11.8 Å². The number of fused-ring (bicyclic) bond motifs is 6. The molecule has 0 fully saturated rings. The van der Waals surface area contributed by atoms with Gasteiger partial charge in [0, 0.05) is 60.1 Å². The fourth-order valence-electron chi connectivity index (χ4n) is 9.18. The second-order valence-electron chi connectivity index (χ2n) is 22.5. The number of hydrogen-bond acceptors (Lipinski definition) is 17. The van der Waals surface area contributed by atoms with Crippen molar-refractivity contribution in [2.24, 2.45) is 31.8 Å². The first-order valence-corrected chi connectivity index (χ1v) is 33.5. The average molecular weight is 1210 g/mol. The lowest BCUT2D eigenvalue weighted by molar-refractivity contribution is -0.153. The highest BCUT2D eigenvalue weighted by Gasteiger charge is 2.43. The van der Waals surface area contributed by atoms with Gasteiger partial charge in [0.15, 0.2) is 10.2 Å². The summed E-state index contributed by atoms with van der Waals surface area (Å²) in [5.74, 6) is -0.306. The maximum Gasteiger partial charge on any atom is 0.329 e. The largest absolute Gasteiger partial charge is 0.456 e. The molecule has 82 heavy (non-hydrogen) atoms. The molecule has 6 heterocycles. The van der Waals surface area contributed by atoms with Crippen LogP contribution in [-0.4, -0.2) is 139 Å². The van der Waals surface area contributed by atoms with Crippen LogP contribution in [0.4, 0.5) is 0 Å². The number of nitrogens with one attached hydrogen (secondary N) is 5. The topological polar surface area (TPSA) is 255 Å². The molecule has 0 saturated carbocycles. The third kappa shape index (κ3) is 22.7. The first-order chi connectivity index (χ1) is 39.2. The van der Waals surface area contributed by atoms with E-state index in [2.05, 4.69) is 55.4 Å². The molecule has 6 atom stereocenters. The highest BCUT2D eigenvalue weighted by molar-refractivity contribution is 8.15. The highest BCUT2D eigenvalue weighted by Crippen LogP contribution is 2.35. The van der Waals surface area contributed by atoms with Crippen LogP contribution in [0.5, 0.6) is 0 Å². The Bertz CT molecular complexity index is 2370. The van der Waals surface area contributed by atoms with Crippen LogP contribution in [0.2, 0.25) is 0 Å². The fourth-order valence-corrected chi connectivity index (χ4v) is 13.0. The van der Waals surface area contributed by atoms with Crippen molar-refractivity contribution in [3.63, 3.8) is 0 Å². The first kappa shape index (κ1) is 68.0. The Morgan fingerprint density at radius 1 is 0.646 bits per heavy atom. The number of thioether (sulfide) groups is 4. The summed E-state index contributed by atoms with van der Waals surface area (Å²) in [7, 11) is 0. The Labute approximate surface area is 503 Å². The highest BCUT2D eigenvalue weighted by atomic mass is 32.2. The third-order valence-corrected chi connectivity index (χ3v) is 18.8. The number of aliphatic imine (C=N–C) groups is 4. The van der Waals surface area contributed by atoms with Crippen molar-refractivity contribution in [1.82, 2.24) is 26.6 Å². The molecule has 0 unspecified atom stereocenters. The maximum absolute atomic E-state index is 13.4. The zero-order chi connectivity index (χ0) is 59.7. The van der Waals surface area contributed by atoms with Gasteiger partial charge in [-0.25, -0.2) is 4.79 Å². The predicted octanol–water partition coefficient (Wildman–Crippen LogP) is 9.09. The van der Waals surface area contributed by atoms with Gasteiger partial charge in [0.05, 0.1) is 43.4 Å². The summed E-state index contributed by atoms with van der Waals surface area (Å²) in [6.07, 6.45) is 25.2. The van der Waals surface area contributed by atoms with E-state index >= 15 is 0 Å². The van der Waals surface area contributed by atoms with E-state index in [1.54, 1.807) is 19.9 Å². The zero-order valence-electron chi connectivity index (χ0n) is 49.5. The second kappa shape index (κ2) is 34.8. The van der Waals surface area contributed by atoms with Crippen LogP contribution in [0.25, 0.3) is 0 Å². The van der Waals surface area contributed by atoms with E-state index in [1.807, 2.05) is 58.1 Å². The molecule has 0 aromatic rings. The van der Waals surface area contributed by atoms with Crippen molar-refractivity contribution in [3.05, 3.63) is 47.9 Å². The number of carbonyl (C=O) groups is 8. The lowest BCUT2D eigenvalue weighted by Gasteiger charge is -2.27. The molecule has 5 amide bonds. The molecule has 6 rings (SSSR count). The number of ether oxygens (including phenoxy) is 1. The molecule has 0 aliphatic carbocycles. The molecule has 0 saturated heterocycles. The lowest BCUT2D eigenvalue weighted by atomic mass is 9.99. The SMILES string of the molecule is CCCCCCCC(=O)SCC/C=C/[C@@H]1CC(=O)NCC2=NC(=CC2)C2=N[C@@](C)(CS2)C(=O)N[C@@H](C(C)C)C(=O)N1.CCCCCCCC(=O)SCC/C=C/[C@@H]1CC(=O)NCC2=NC(=CC2)C2=N[C@@](C)(CS2)C(=O)N[C@@H](C(C)C)C(=O)O1. The smallest absolute Gasteiger partial charge is 0.329 e. The van der Waals surface area contributed by atoms with Gasteiger partial charge in [-0.2, -0.15) is 0 Å². The van der Waals surface area contributed by atoms with E-state index in [0.717, 1.165) is 48.5 Å². The van der Waals surface area contributed by atoms with Gasteiger partial charge in [-0.15, -0.1) is 23.5 Å². The van der Waals surface area contributed by atoms with Gasteiger partial charge in [-0.1, -0.05) is 147 Å². The molecule has 452 valence electrons. The quantitative estimate of drug-likeness (QED) is 0.0386. The molecule has 0 spiro atoms. The van der Waals surface area contributed by atoms with E-state index in [9.17, 15) is 38.4 Å². The molecular weight excluding hydrogens is 1120 g/mol. The van der Waals surface area contributed by atoms with Crippen LogP contribution in [-0.2, 0) is 43.1 Å². The Morgan fingerprint density at radius 2 is 1.11 bits per heavy atom. The van der Waals surface area contributed by atoms with Crippen molar-refractivity contribution in [2.45, 2.75) is 206 Å². The fraction of sp³-hybridized carbons (Fsp3) is 0.667. The van der Waals surface area contributed by atoms with Crippen LogP contribution < -0.4 is 26.6 Å². The molecular formula is C60H89N9O9S4. The lowest BCUT2D eigenvalue weighted by Crippen LogP contribution is -2.56. The van der Waals surface area contributed by atoms with Crippen molar-refractivity contribution in [2.75, 3.05) is 36.1 Å².